The number of carbonyl (C=O) groups excluding carboxylic acids is 3. The second-order valence-electron chi connectivity index (χ2n) is 5.95. The normalized spacial score (nSPS) is 14.4. The van der Waals surface area contributed by atoms with Crippen molar-refractivity contribution in [2.75, 3.05) is 16.8 Å². The molecule has 2 amide bonds. The molecule has 136 valence electrons. The van der Waals surface area contributed by atoms with E-state index in [1.165, 1.54) is 11.8 Å². The number of hydrogen-bond acceptors (Lipinski definition) is 6. The number of aromatic nitrogens is 1. The van der Waals surface area contributed by atoms with E-state index in [2.05, 4.69) is 10.5 Å². The minimum Gasteiger partial charge on any atom is -0.449 e. The van der Waals surface area contributed by atoms with Crippen LogP contribution in [-0.2, 0) is 20.7 Å². The van der Waals surface area contributed by atoms with E-state index in [4.69, 9.17) is 9.26 Å². The van der Waals surface area contributed by atoms with E-state index in [0.717, 1.165) is 0 Å². The van der Waals surface area contributed by atoms with Gasteiger partial charge in [-0.2, -0.15) is 0 Å². The van der Waals surface area contributed by atoms with Gasteiger partial charge in [0.1, 0.15) is 17.9 Å². The molecular formula is C18H19N3O5. The number of rotatable bonds is 4. The van der Waals surface area contributed by atoms with E-state index < -0.39 is 18.0 Å². The quantitative estimate of drug-likeness (QED) is 0.841. The molecule has 0 spiro atoms. The molecule has 2 aromatic rings. The predicted octanol–water partition coefficient (Wildman–Crippen LogP) is 2.08. The predicted molar refractivity (Wildman–Crippen MR) is 92.9 cm³/mol. The molecular weight excluding hydrogens is 338 g/mol. The first-order chi connectivity index (χ1) is 12.4. The van der Waals surface area contributed by atoms with Crippen molar-refractivity contribution in [1.29, 1.82) is 0 Å². The second kappa shape index (κ2) is 6.99. The monoisotopic (exact) mass is 357 g/mol. The van der Waals surface area contributed by atoms with Gasteiger partial charge in [0, 0.05) is 0 Å². The van der Waals surface area contributed by atoms with Crippen molar-refractivity contribution < 1.29 is 23.6 Å². The molecule has 0 aliphatic carbocycles. The zero-order valence-electron chi connectivity index (χ0n) is 14.7. The molecule has 1 aliphatic heterocycles. The number of hydrogen-bond donors (Lipinski definition) is 1. The maximum atomic E-state index is 12.8. The van der Waals surface area contributed by atoms with Crippen molar-refractivity contribution in [3.8, 4) is 0 Å². The number of anilines is 2. The summed E-state index contributed by atoms with van der Waals surface area (Å²) in [5.41, 5.74) is 1.83. The molecule has 0 saturated carbocycles. The fraction of sp³-hybridized carbons (Fsp3) is 0.333. The van der Waals surface area contributed by atoms with Crippen LogP contribution in [0.15, 0.2) is 28.8 Å². The zero-order valence-corrected chi connectivity index (χ0v) is 14.7. The van der Waals surface area contributed by atoms with Crippen LogP contribution in [0.25, 0.3) is 0 Å². The molecule has 26 heavy (non-hydrogen) atoms. The first-order valence-electron chi connectivity index (χ1n) is 8.28. The molecule has 1 aromatic heterocycles. The van der Waals surface area contributed by atoms with Crippen LogP contribution >= 0.6 is 0 Å². The van der Waals surface area contributed by atoms with Gasteiger partial charge in [-0.15, -0.1) is 0 Å². The Labute approximate surface area is 150 Å². The molecule has 1 atom stereocenters. The van der Waals surface area contributed by atoms with Gasteiger partial charge in [-0.25, -0.2) is 4.79 Å². The van der Waals surface area contributed by atoms with Gasteiger partial charge in [0.05, 0.1) is 17.1 Å². The molecule has 8 nitrogen and oxygen atoms in total. The summed E-state index contributed by atoms with van der Waals surface area (Å²) in [5, 5.41) is 6.52. The van der Waals surface area contributed by atoms with Crippen molar-refractivity contribution >= 4 is 29.2 Å². The summed E-state index contributed by atoms with van der Waals surface area (Å²) in [6, 6.07) is 6.96. The average Bonchev–Trinajstić information content (AvgIpc) is 3.00. The van der Waals surface area contributed by atoms with Crippen LogP contribution in [-0.4, -0.2) is 35.6 Å². The van der Waals surface area contributed by atoms with Crippen molar-refractivity contribution in [1.82, 2.24) is 5.16 Å². The third kappa shape index (κ3) is 3.17. The SMILES string of the molecule is CCc1noc(C)c1C(=O)O[C@H](C)C(=O)N1CC(=O)Nc2ccccc21. The van der Waals surface area contributed by atoms with Gasteiger partial charge >= 0.3 is 5.97 Å². The largest absolute Gasteiger partial charge is 0.449 e. The summed E-state index contributed by atoms with van der Waals surface area (Å²) in [6.07, 6.45) is -0.565. The fourth-order valence-corrected chi connectivity index (χ4v) is 2.84. The maximum absolute atomic E-state index is 12.8. The van der Waals surface area contributed by atoms with Gasteiger partial charge in [-0.1, -0.05) is 24.2 Å². The standard InChI is InChI=1S/C18H19N3O5/c1-4-12-16(10(2)26-20-12)18(24)25-11(3)17(23)21-9-15(22)19-13-7-5-6-8-14(13)21/h5-8,11H,4,9H2,1-3H3,(H,19,22)/t11-/m1/s1. The summed E-state index contributed by atoms with van der Waals surface area (Å²) in [7, 11) is 0. The van der Waals surface area contributed by atoms with Crippen molar-refractivity contribution in [2.24, 2.45) is 0 Å². The molecule has 1 N–H and O–H groups in total. The number of aryl methyl sites for hydroxylation is 2. The number of nitrogens with zero attached hydrogens (tertiary/aromatic N) is 2. The molecule has 0 fully saturated rings. The Morgan fingerprint density at radius 3 is 2.85 bits per heavy atom. The molecule has 3 rings (SSSR count). The zero-order chi connectivity index (χ0) is 18.8. The third-order valence-corrected chi connectivity index (χ3v) is 4.14. The molecule has 0 unspecified atom stereocenters. The topological polar surface area (TPSA) is 102 Å². The highest BCUT2D eigenvalue weighted by Crippen LogP contribution is 2.29. The Hall–Kier alpha value is -3.16. The van der Waals surface area contributed by atoms with E-state index in [1.54, 1.807) is 31.2 Å². The lowest BCUT2D eigenvalue weighted by Gasteiger charge is -2.30. The highest BCUT2D eigenvalue weighted by Gasteiger charge is 2.32. The Morgan fingerprint density at radius 2 is 2.12 bits per heavy atom. The van der Waals surface area contributed by atoms with Gasteiger partial charge in [-0.3, -0.25) is 14.5 Å². The van der Waals surface area contributed by atoms with Gasteiger partial charge in [-0.05, 0) is 32.4 Å². The Kier molecular flexibility index (Phi) is 4.75. The molecule has 0 bridgehead atoms. The van der Waals surface area contributed by atoms with Crippen LogP contribution < -0.4 is 10.2 Å². The maximum Gasteiger partial charge on any atom is 0.344 e. The highest BCUT2D eigenvalue weighted by atomic mass is 16.5. The van der Waals surface area contributed by atoms with E-state index in [1.807, 2.05) is 6.92 Å². The average molecular weight is 357 g/mol. The molecule has 1 aliphatic rings. The summed E-state index contributed by atoms with van der Waals surface area (Å²) < 4.78 is 10.3. The molecule has 1 aromatic carbocycles. The van der Waals surface area contributed by atoms with Gasteiger partial charge < -0.3 is 14.6 Å². The number of para-hydroxylation sites is 2. The number of benzene rings is 1. The second-order valence-corrected chi connectivity index (χ2v) is 5.95. The third-order valence-electron chi connectivity index (χ3n) is 4.14. The summed E-state index contributed by atoms with van der Waals surface area (Å²) in [6.45, 7) is 4.79. The highest BCUT2D eigenvalue weighted by molar-refractivity contribution is 6.11. The van der Waals surface area contributed by atoms with Crippen molar-refractivity contribution in [2.45, 2.75) is 33.3 Å². The van der Waals surface area contributed by atoms with Crippen molar-refractivity contribution in [3.05, 3.63) is 41.3 Å². The van der Waals surface area contributed by atoms with Gasteiger partial charge in [0.15, 0.2) is 6.10 Å². The number of fused-ring (bicyclic) bond motifs is 1. The summed E-state index contributed by atoms with van der Waals surface area (Å²) in [4.78, 5) is 38.4. The number of nitrogens with one attached hydrogen (secondary N) is 1. The Balaban J connectivity index is 1.79. The molecule has 8 heteroatoms. The minimum absolute atomic E-state index is 0.135. The smallest absolute Gasteiger partial charge is 0.344 e. The molecule has 0 saturated heterocycles. The van der Waals surface area contributed by atoms with E-state index in [9.17, 15) is 14.4 Å². The van der Waals surface area contributed by atoms with E-state index >= 15 is 0 Å². The lowest BCUT2D eigenvalue weighted by atomic mass is 10.1. The summed E-state index contributed by atoms with van der Waals surface area (Å²) >= 11 is 0. The Morgan fingerprint density at radius 1 is 1.38 bits per heavy atom. The number of amides is 2. The fourth-order valence-electron chi connectivity index (χ4n) is 2.84. The van der Waals surface area contributed by atoms with Crippen molar-refractivity contribution in [3.63, 3.8) is 0 Å². The van der Waals surface area contributed by atoms with Crippen LogP contribution in [0.2, 0.25) is 0 Å². The summed E-state index contributed by atoms with van der Waals surface area (Å²) in [5.74, 6) is -1.11. The van der Waals surface area contributed by atoms with E-state index in [-0.39, 0.29) is 18.0 Å². The molecule has 0 radical (unpaired) electrons. The first-order valence-corrected chi connectivity index (χ1v) is 8.28. The van der Waals surface area contributed by atoms with E-state index in [0.29, 0.717) is 29.2 Å². The van der Waals surface area contributed by atoms with Gasteiger partial charge in [0.25, 0.3) is 5.91 Å². The minimum atomic E-state index is -1.07. The Bertz CT molecular complexity index is 873. The van der Waals surface area contributed by atoms with Crippen LogP contribution in [0.3, 0.4) is 0 Å². The first kappa shape index (κ1) is 17.7. The number of ether oxygens (including phenoxy) is 1. The van der Waals surface area contributed by atoms with Crippen LogP contribution in [0.4, 0.5) is 11.4 Å². The lowest BCUT2D eigenvalue weighted by Crippen LogP contribution is -2.47. The number of carbonyl (C=O) groups is 3. The lowest BCUT2D eigenvalue weighted by molar-refractivity contribution is -0.128. The van der Waals surface area contributed by atoms with Crippen LogP contribution in [0.5, 0.6) is 0 Å². The van der Waals surface area contributed by atoms with Crippen LogP contribution in [0.1, 0.15) is 35.7 Å². The molecule has 2 heterocycles. The number of esters is 1. The van der Waals surface area contributed by atoms with Gasteiger partial charge in [0.2, 0.25) is 5.91 Å². The van der Waals surface area contributed by atoms with Crippen LogP contribution in [0, 0.1) is 6.92 Å².